The standard InChI is InChI=1S/C23H30N2O5S/c1-4-13-30-18-8-7-16(14-19(18)28-5-2)15-20-21(26)24-23(31-20)25-11-9-17(10-12-25)22(27)29-6-3/h7-8,14-15,17H,4-6,9-13H2,1-3H3/b20-15-. The van der Waals surface area contributed by atoms with Gasteiger partial charge in [-0.05, 0) is 68.6 Å². The van der Waals surface area contributed by atoms with Gasteiger partial charge in [0.2, 0.25) is 0 Å². The quantitative estimate of drug-likeness (QED) is 0.439. The minimum absolute atomic E-state index is 0.0701. The summed E-state index contributed by atoms with van der Waals surface area (Å²) in [4.78, 5) is 31.3. The Kier molecular flexibility index (Phi) is 8.40. The maximum absolute atomic E-state index is 12.5. The summed E-state index contributed by atoms with van der Waals surface area (Å²) in [5.74, 6) is 0.938. The van der Waals surface area contributed by atoms with Crippen LogP contribution >= 0.6 is 11.8 Å². The summed E-state index contributed by atoms with van der Waals surface area (Å²) in [6, 6.07) is 5.68. The lowest BCUT2D eigenvalue weighted by atomic mass is 9.97. The summed E-state index contributed by atoms with van der Waals surface area (Å²) in [5.41, 5.74) is 0.862. The van der Waals surface area contributed by atoms with E-state index in [9.17, 15) is 9.59 Å². The zero-order valence-electron chi connectivity index (χ0n) is 18.4. The Labute approximate surface area is 187 Å². The summed E-state index contributed by atoms with van der Waals surface area (Å²) >= 11 is 1.38. The minimum atomic E-state index is -0.239. The molecule has 0 aliphatic carbocycles. The van der Waals surface area contributed by atoms with Crippen LogP contribution in [0.2, 0.25) is 0 Å². The molecule has 0 saturated carbocycles. The molecule has 7 nitrogen and oxygen atoms in total. The Morgan fingerprint density at radius 1 is 1.16 bits per heavy atom. The van der Waals surface area contributed by atoms with Gasteiger partial charge in [-0.2, -0.15) is 4.99 Å². The highest BCUT2D eigenvalue weighted by molar-refractivity contribution is 8.18. The normalized spacial score (nSPS) is 18.3. The van der Waals surface area contributed by atoms with Gasteiger partial charge in [-0.15, -0.1) is 0 Å². The highest BCUT2D eigenvalue weighted by Gasteiger charge is 2.31. The molecule has 0 unspecified atom stereocenters. The summed E-state index contributed by atoms with van der Waals surface area (Å²) < 4.78 is 16.6. The number of esters is 1. The number of piperidine rings is 1. The Morgan fingerprint density at radius 2 is 1.94 bits per heavy atom. The average molecular weight is 447 g/mol. The first-order valence-electron chi connectivity index (χ1n) is 10.9. The van der Waals surface area contributed by atoms with Crippen LogP contribution in [0, 0.1) is 5.92 Å². The molecule has 2 aliphatic rings. The Hall–Kier alpha value is -2.48. The molecule has 0 bridgehead atoms. The van der Waals surface area contributed by atoms with Gasteiger partial charge in [0, 0.05) is 13.1 Å². The molecule has 1 aromatic carbocycles. The van der Waals surface area contributed by atoms with Crippen LogP contribution in [0.1, 0.15) is 45.6 Å². The molecular weight excluding hydrogens is 416 g/mol. The van der Waals surface area contributed by atoms with Crippen LogP contribution in [0.4, 0.5) is 0 Å². The van der Waals surface area contributed by atoms with E-state index >= 15 is 0 Å². The highest BCUT2D eigenvalue weighted by atomic mass is 32.2. The zero-order chi connectivity index (χ0) is 22.2. The summed E-state index contributed by atoms with van der Waals surface area (Å²) in [6.45, 7) is 8.74. The molecule has 1 amide bonds. The van der Waals surface area contributed by atoms with Crippen LogP contribution in [-0.2, 0) is 14.3 Å². The van der Waals surface area contributed by atoms with Crippen molar-refractivity contribution in [2.24, 2.45) is 10.9 Å². The van der Waals surface area contributed by atoms with Crippen molar-refractivity contribution in [1.29, 1.82) is 0 Å². The average Bonchev–Trinajstić information content (AvgIpc) is 3.14. The van der Waals surface area contributed by atoms with Crippen LogP contribution in [0.3, 0.4) is 0 Å². The Morgan fingerprint density at radius 3 is 2.61 bits per heavy atom. The van der Waals surface area contributed by atoms with Crippen molar-refractivity contribution in [3.63, 3.8) is 0 Å². The number of ether oxygens (including phenoxy) is 3. The number of nitrogens with zero attached hydrogens (tertiary/aromatic N) is 2. The van der Waals surface area contributed by atoms with Gasteiger partial charge in [-0.3, -0.25) is 9.59 Å². The van der Waals surface area contributed by atoms with Gasteiger partial charge >= 0.3 is 5.97 Å². The zero-order valence-corrected chi connectivity index (χ0v) is 19.2. The number of amidine groups is 1. The Balaban J connectivity index is 1.65. The number of carbonyl (C=O) groups is 2. The summed E-state index contributed by atoms with van der Waals surface area (Å²) in [7, 11) is 0. The predicted molar refractivity (Wildman–Crippen MR) is 122 cm³/mol. The smallest absolute Gasteiger partial charge is 0.309 e. The number of hydrogen-bond donors (Lipinski definition) is 0. The van der Waals surface area contributed by atoms with Gasteiger partial charge in [0.1, 0.15) is 0 Å². The number of benzene rings is 1. The predicted octanol–water partition coefficient (Wildman–Crippen LogP) is 4.12. The molecule has 31 heavy (non-hydrogen) atoms. The lowest BCUT2D eigenvalue weighted by Gasteiger charge is -2.31. The second-order valence-electron chi connectivity index (χ2n) is 7.31. The number of hydrogen-bond acceptors (Lipinski definition) is 7. The van der Waals surface area contributed by atoms with E-state index in [1.165, 1.54) is 11.8 Å². The summed E-state index contributed by atoms with van der Waals surface area (Å²) in [6.07, 6.45) is 4.17. The maximum atomic E-state index is 12.5. The van der Waals surface area contributed by atoms with Crippen molar-refractivity contribution in [2.75, 3.05) is 32.9 Å². The molecule has 3 rings (SSSR count). The van der Waals surface area contributed by atoms with Gasteiger partial charge in [-0.1, -0.05) is 13.0 Å². The fraction of sp³-hybridized carbons (Fsp3) is 0.522. The first kappa shape index (κ1) is 23.2. The van der Waals surface area contributed by atoms with Crippen molar-refractivity contribution in [3.05, 3.63) is 28.7 Å². The molecule has 2 aliphatic heterocycles. The van der Waals surface area contributed by atoms with Crippen molar-refractivity contribution in [1.82, 2.24) is 4.90 Å². The molecule has 0 spiro atoms. The first-order valence-corrected chi connectivity index (χ1v) is 11.7. The molecule has 8 heteroatoms. The lowest BCUT2D eigenvalue weighted by molar-refractivity contribution is -0.149. The number of likely N-dealkylation sites (tertiary alicyclic amines) is 1. The van der Waals surface area contributed by atoms with E-state index in [0.717, 1.165) is 12.0 Å². The van der Waals surface area contributed by atoms with E-state index in [-0.39, 0.29) is 17.8 Å². The molecule has 2 heterocycles. The van der Waals surface area contributed by atoms with Crippen LogP contribution in [0.5, 0.6) is 11.5 Å². The molecular formula is C23H30N2O5S. The van der Waals surface area contributed by atoms with Gasteiger partial charge < -0.3 is 19.1 Å². The van der Waals surface area contributed by atoms with E-state index in [1.807, 2.05) is 38.1 Å². The molecule has 1 aromatic rings. The SMILES string of the molecule is CCCOc1ccc(/C=C2\SC(N3CCC(C(=O)OCC)CC3)=NC2=O)cc1OCC. The highest BCUT2D eigenvalue weighted by Crippen LogP contribution is 2.34. The number of carbonyl (C=O) groups excluding carboxylic acids is 2. The van der Waals surface area contributed by atoms with Crippen LogP contribution in [-0.4, -0.2) is 54.9 Å². The van der Waals surface area contributed by atoms with Crippen LogP contribution < -0.4 is 9.47 Å². The molecule has 1 fully saturated rings. The third-order valence-electron chi connectivity index (χ3n) is 5.02. The number of amides is 1. The minimum Gasteiger partial charge on any atom is -0.490 e. The second kappa shape index (κ2) is 11.2. The van der Waals surface area contributed by atoms with Crippen LogP contribution in [0.25, 0.3) is 6.08 Å². The van der Waals surface area contributed by atoms with Gasteiger partial charge in [0.05, 0.1) is 30.6 Å². The summed E-state index contributed by atoms with van der Waals surface area (Å²) in [5, 5.41) is 0.700. The second-order valence-corrected chi connectivity index (χ2v) is 8.32. The van der Waals surface area contributed by atoms with E-state index in [2.05, 4.69) is 16.8 Å². The maximum Gasteiger partial charge on any atom is 0.309 e. The fourth-order valence-corrected chi connectivity index (χ4v) is 4.43. The van der Waals surface area contributed by atoms with Gasteiger partial charge in [-0.25, -0.2) is 0 Å². The molecule has 0 atom stereocenters. The molecule has 168 valence electrons. The van der Waals surface area contributed by atoms with Crippen LogP contribution in [0.15, 0.2) is 28.1 Å². The van der Waals surface area contributed by atoms with Crippen molar-refractivity contribution >= 4 is 34.9 Å². The monoisotopic (exact) mass is 446 g/mol. The van der Waals surface area contributed by atoms with Gasteiger partial charge in [0.15, 0.2) is 16.7 Å². The fourth-order valence-electron chi connectivity index (χ4n) is 3.47. The number of rotatable bonds is 8. The van der Waals surface area contributed by atoms with E-state index in [1.54, 1.807) is 0 Å². The molecule has 0 radical (unpaired) electrons. The molecule has 0 N–H and O–H groups in total. The Bertz CT molecular complexity index is 860. The van der Waals surface area contributed by atoms with Crippen molar-refractivity contribution in [2.45, 2.75) is 40.0 Å². The lowest BCUT2D eigenvalue weighted by Crippen LogP contribution is -2.39. The number of aliphatic imine (C=N–C) groups is 1. The third kappa shape index (κ3) is 6.03. The molecule has 0 aromatic heterocycles. The van der Waals surface area contributed by atoms with E-state index < -0.39 is 0 Å². The third-order valence-corrected chi connectivity index (χ3v) is 6.07. The topological polar surface area (TPSA) is 77.4 Å². The van der Waals surface area contributed by atoms with Crippen molar-refractivity contribution < 1.29 is 23.8 Å². The first-order chi connectivity index (χ1) is 15.0. The van der Waals surface area contributed by atoms with E-state index in [4.69, 9.17) is 14.2 Å². The van der Waals surface area contributed by atoms with Crippen molar-refractivity contribution in [3.8, 4) is 11.5 Å². The number of thioether (sulfide) groups is 1. The van der Waals surface area contributed by atoms with E-state index in [0.29, 0.717) is 67.3 Å². The van der Waals surface area contributed by atoms with Gasteiger partial charge in [0.25, 0.3) is 5.91 Å². The molecule has 1 saturated heterocycles. The largest absolute Gasteiger partial charge is 0.490 e.